The van der Waals surface area contributed by atoms with Gasteiger partial charge in [0, 0.05) is 33.4 Å². The molecule has 4 rings (SSSR count). The van der Waals surface area contributed by atoms with Gasteiger partial charge in [-0.05, 0) is 28.9 Å². The van der Waals surface area contributed by atoms with Crippen LogP contribution in [-0.2, 0) is 0 Å². The largest absolute Gasteiger partial charge is 0.334 e. The highest BCUT2D eigenvalue weighted by Gasteiger charge is 2.12. The van der Waals surface area contributed by atoms with Crippen LogP contribution < -0.4 is 0 Å². The summed E-state index contributed by atoms with van der Waals surface area (Å²) in [5, 5.41) is 7.16. The van der Waals surface area contributed by atoms with Crippen LogP contribution in [-0.4, -0.2) is 20.1 Å². The Morgan fingerprint density at radius 2 is 1.79 bits per heavy atom. The lowest BCUT2D eigenvalue weighted by Crippen LogP contribution is -1.84. The molecule has 4 aromatic rings. The second kappa shape index (κ2) is 6.26. The molecular weight excluding hydrogens is 388 g/mol. The van der Waals surface area contributed by atoms with Crippen molar-refractivity contribution in [1.29, 1.82) is 0 Å². The molecule has 0 aliphatic rings. The van der Waals surface area contributed by atoms with Gasteiger partial charge in [0.2, 0.25) is 5.82 Å². The molecule has 24 heavy (non-hydrogen) atoms. The predicted molar refractivity (Wildman–Crippen MR) is 96.5 cm³/mol. The molecule has 0 aliphatic carbocycles. The van der Waals surface area contributed by atoms with Gasteiger partial charge in [-0.2, -0.15) is 4.98 Å². The van der Waals surface area contributed by atoms with E-state index >= 15 is 0 Å². The third-order valence-electron chi connectivity index (χ3n) is 3.44. The number of thiazole rings is 1. The molecule has 0 fully saturated rings. The second-order valence-corrected chi connectivity index (χ2v) is 7.12. The summed E-state index contributed by atoms with van der Waals surface area (Å²) in [5.41, 5.74) is 3.72. The number of aromatic nitrogens is 4. The SMILES string of the molecule is Cc1nc(-c2ccc(-c3noc(-c4cncc(Br)c4)n3)cc2)cs1. The molecule has 0 amide bonds. The number of hydrogen-bond acceptors (Lipinski definition) is 6. The molecule has 0 saturated carbocycles. The Morgan fingerprint density at radius 3 is 2.50 bits per heavy atom. The van der Waals surface area contributed by atoms with Gasteiger partial charge in [0.05, 0.1) is 16.3 Å². The molecule has 0 unspecified atom stereocenters. The van der Waals surface area contributed by atoms with Crippen LogP contribution in [0.3, 0.4) is 0 Å². The molecule has 0 saturated heterocycles. The summed E-state index contributed by atoms with van der Waals surface area (Å²) in [7, 11) is 0. The summed E-state index contributed by atoms with van der Waals surface area (Å²) in [5.74, 6) is 0.990. The van der Waals surface area contributed by atoms with E-state index in [0.717, 1.165) is 31.9 Å². The molecule has 0 aliphatic heterocycles. The fourth-order valence-electron chi connectivity index (χ4n) is 2.27. The van der Waals surface area contributed by atoms with Crippen molar-refractivity contribution in [2.45, 2.75) is 6.92 Å². The van der Waals surface area contributed by atoms with Crippen LogP contribution in [0.4, 0.5) is 0 Å². The topological polar surface area (TPSA) is 64.7 Å². The van der Waals surface area contributed by atoms with E-state index < -0.39 is 0 Å². The van der Waals surface area contributed by atoms with E-state index in [9.17, 15) is 0 Å². The number of benzene rings is 1. The van der Waals surface area contributed by atoms with Gasteiger partial charge in [-0.15, -0.1) is 11.3 Å². The summed E-state index contributed by atoms with van der Waals surface area (Å²) >= 11 is 5.03. The Bertz CT molecular complexity index is 994. The Labute approximate surface area is 150 Å². The third-order valence-corrected chi connectivity index (χ3v) is 4.64. The van der Waals surface area contributed by atoms with Crippen LogP contribution in [0.5, 0.6) is 0 Å². The van der Waals surface area contributed by atoms with Crippen LogP contribution in [0.2, 0.25) is 0 Å². The zero-order chi connectivity index (χ0) is 16.5. The zero-order valence-electron chi connectivity index (χ0n) is 12.6. The van der Waals surface area contributed by atoms with Gasteiger partial charge in [-0.1, -0.05) is 29.4 Å². The first-order valence-corrected chi connectivity index (χ1v) is 8.84. The van der Waals surface area contributed by atoms with Crippen LogP contribution >= 0.6 is 27.3 Å². The van der Waals surface area contributed by atoms with E-state index in [-0.39, 0.29) is 0 Å². The number of halogens is 1. The minimum atomic E-state index is 0.443. The van der Waals surface area contributed by atoms with Gasteiger partial charge < -0.3 is 4.52 Å². The van der Waals surface area contributed by atoms with Crippen molar-refractivity contribution in [3.8, 4) is 34.1 Å². The number of aryl methyl sites for hydroxylation is 1. The molecule has 0 bridgehead atoms. The quantitative estimate of drug-likeness (QED) is 0.486. The molecule has 1 aromatic carbocycles. The minimum Gasteiger partial charge on any atom is -0.334 e. The molecule has 0 spiro atoms. The van der Waals surface area contributed by atoms with Crippen molar-refractivity contribution in [3.63, 3.8) is 0 Å². The fraction of sp³-hybridized carbons (Fsp3) is 0.0588. The number of nitrogens with zero attached hydrogens (tertiary/aromatic N) is 4. The van der Waals surface area contributed by atoms with Crippen molar-refractivity contribution >= 4 is 27.3 Å². The van der Waals surface area contributed by atoms with Crippen molar-refractivity contribution in [2.75, 3.05) is 0 Å². The Balaban J connectivity index is 1.63. The van der Waals surface area contributed by atoms with Gasteiger partial charge in [-0.3, -0.25) is 4.98 Å². The summed E-state index contributed by atoms with van der Waals surface area (Å²) in [6, 6.07) is 9.86. The van der Waals surface area contributed by atoms with Crippen molar-refractivity contribution in [2.24, 2.45) is 0 Å². The van der Waals surface area contributed by atoms with Crippen LogP contribution in [0.1, 0.15) is 5.01 Å². The third kappa shape index (κ3) is 3.00. The Kier molecular flexibility index (Phi) is 3.95. The van der Waals surface area contributed by atoms with E-state index in [1.54, 1.807) is 23.7 Å². The van der Waals surface area contributed by atoms with Crippen molar-refractivity contribution in [3.05, 3.63) is 57.6 Å². The molecule has 118 valence electrons. The normalized spacial score (nSPS) is 10.9. The highest BCUT2D eigenvalue weighted by atomic mass is 79.9. The average Bonchev–Trinajstić information content (AvgIpc) is 3.24. The molecule has 3 heterocycles. The fourth-order valence-corrected chi connectivity index (χ4v) is 3.26. The van der Waals surface area contributed by atoms with Crippen LogP contribution in [0, 0.1) is 6.92 Å². The maximum atomic E-state index is 5.35. The maximum absolute atomic E-state index is 5.35. The van der Waals surface area contributed by atoms with Gasteiger partial charge in [0.25, 0.3) is 5.89 Å². The van der Waals surface area contributed by atoms with Crippen LogP contribution in [0.25, 0.3) is 34.1 Å². The lowest BCUT2D eigenvalue weighted by Gasteiger charge is -1.98. The highest BCUT2D eigenvalue weighted by molar-refractivity contribution is 9.10. The van der Waals surface area contributed by atoms with Crippen molar-refractivity contribution in [1.82, 2.24) is 20.1 Å². The number of pyridine rings is 1. The summed E-state index contributed by atoms with van der Waals surface area (Å²) in [6.45, 7) is 2.00. The molecule has 0 radical (unpaired) electrons. The zero-order valence-corrected chi connectivity index (χ0v) is 15.0. The smallest absolute Gasteiger partial charge is 0.259 e. The summed E-state index contributed by atoms with van der Waals surface area (Å²) in [4.78, 5) is 13.0. The van der Waals surface area contributed by atoms with Gasteiger partial charge in [0.15, 0.2) is 0 Å². The Hall–Kier alpha value is -2.38. The molecule has 5 nitrogen and oxygen atoms in total. The molecule has 3 aromatic heterocycles. The predicted octanol–water partition coefficient (Wildman–Crippen LogP) is 4.99. The minimum absolute atomic E-state index is 0.443. The second-order valence-electron chi connectivity index (χ2n) is 5.14. The maximum Gasteiger partial charge on any atom is 0.259 e. The lowest BCUT2D eigenvalue weighted by atomic mass is 10.1. The highest BCUT2D eigenvalue weighted by Crippen LogP contribution is 2.26. The molecule has 0 N–H and O–H groups in total. The number of hydrogen-bond donors (Lipinski definition) is 0. The van der Waals surface area contributed by atoms with Gasteiger partial charge in [0.1, 0.15) is 0 Å². The van der Waals surface area contributed by atoms with Gasteiger partial charge >= 0.3 is 0 Å². The van der Waals surface area contributed by atoms with E-state index in [1.165, 1.54) is 0 Å². The summed E-state index contributed by atoms with van der Waals surface area (Å²) < 4.78 is 6.21. The van der Waals surface area contributed by atoms with E-state index in [4.69, 9.17) is 4.52 Å². The first kappa shape index (κ1) is 15.2. The standard InChI is InChI=1S/C17H11BrN4OS/c1-10-20-15(9-24-10)11-2-4-12(5-3-11)16-21-17(23-22-16)13-6-14(18)8-19-7-13/h2-9H,1H3. The van der Waals surface area contributed by atoms with E-state index in [2.05, 4.69) is 41.4 Å². The summed E-state index contributed by atoms with van der Waals surface area (Å²) in [6.07, 6.45) is 3.40. The average molecular weight is 399 g/mol. The van der Waals surface area contributed by atoms with Crippen molar-refractivity contribution < 1.29 is 4.52 Å². The van der Waals surface area contributed by atoms with Crippen LogP contribution in [0.15, 0.2) is 57.1 Å². The monoisotopic (exact) mass is 398 g/mol. The molecular formula is C17H11BrN4OS. The molecule has 0 atom stereocenters. The first-order valence-electron chi connectivity index (χ1n) is 7.16. The van der Waals surface area contributed by atoms with E-state index in [1.807, 2.05) is 37.3 Å². The Morgan fingerprint density at radius 1 is 1.00 bits per heavy atom. The van der Waals surface area contributed by atoms with Gasteiger partial charge in [-0.25, -0.2) is 4.98 Å². The molecule has 7 heteroatoms. The number of rotatable bonds is 3. The first-order chi connectivity index (χ1) is 11.7. The lowest BCUT2D eigenvalue weighted by molar-refractivity contribution is 0.432. The van der Waals surface area contributed by atoms with E-state index in [0.29, 0.717) is 11.7 Å².